The largest absolute Gasteiger partial charge is 0.241 e. The molecule has 0 heterocycles. The summed E-state index contributed by atoms with van der Waals surface area (Å²) in [5.41, 5.74) is 1.74. The Morgan fingerprint density at radius 1 is 1.28 bits per heavy atom. The summed E-state index contributed by atoms with van der Waals surface area (Å²) < 4.78 is 28.3. The van der Waals surface area contributed by atoms with Gasteiger partial charge in [0.05, 0.1) is 4.90 Å². The van der Waals surface area contributed by atoms with Gasteiger partial charge in [-0.05, 0) is 37.0 Å². The third kappa shape index (κ3) is 3.93. The van der Waals surface area contributed by atoms with E-state index in [9.17, 15) is 8.42 Å². The minimum Gasteiger partial charge on any atom is -0.207 e. The lowest BCUT2D eigenvalue weighted by atomic mass is 10.1. The van der Waals surface area contributed by atoms with Crippen LogP contribution >= 0.6 is 22.6 Å². The SMILES string of the molecule is Cc1ccc(C)c(S(=O)(=O)NC(CI)C(C)C)c1. The topological polar surface area (TPSA) is 46.2 Å². The minimum atomic E-state index is -3.42. The number of nitrogens with one attached hydrogen (secondary N) is 1. The van der Waals surface area contributed by atoms with Crippen molar-refractivity contribution in [2.75, 3.05) is 4.43 Å². The molecule has 0 aliphatic heterocycles. The normalized spacial score (nSPS) is 13.9. The highest BCUT2D eigenvalue weighted by Gasteiger charge is 2.23. The monoisotopic (exact) mass is 381 g/mol. The number of sulfonamides is 1. The second-order valence-electron chi connectivity index (χ2n) is 4.90. The van der Waals surface area contributed by atoms with E-state index in [1.807, 2.05) is 39.8 Å². The van der Waals surface area contributed by atoms with E-state index in [1.165, 1.54) is 0 Å². The Balaban J connectivity index is 3.10. The average molecular weight is 381 g/mol. The fourth-order valence-electron chi connectivity index (χ4n) is 1.61. The lowest BCUT2D eigenvalue weighted by molar-refractivity contribution is 0.486. The van der Waals surface area contributed by atoms with E-state index in [0.717, 1.165) is 15.6 Å². The van der Waals surface area contributed by atoms with Crippen LogP contribution in [-0.4, -0.2) is 18.9 Å². The molecule has 1 rings (SSSR count). The lowest BCUT2D eigenvalue weighted by Crippen LogP contribution is -2.39. The van der Waals surface area contributed by atoms with Crippen LogP contribution in [0, 0.1) is 19.8 Å². The summed E-state index contributed by atoms with van der Waals surface area (Å²) >= 11 is 2.21. The average Bonchev–Trinajstić information content (AvgIpc) is 2.28. The number of halogens is 1. The van der Waals surface area contributed by atoms with Crippen LogP contribution in [0.15, 0.2) is 23.1 Å². The molecule has 0 bridgehead atoms. The van der Waals surface area contributed by atoms with Crippen molar-refractivity contribution in [2.24, 2.45) is 5.92 Å². The van der Waals surface area contributed by atoms with Gasteiger partial charge in [0.15, 0.2) is 0 Å². The molecule has 0 aliphatic carbocycles. The van der Waals surface area contributed by atoms with Gasteiger partial charge in [0.1, 0.15) is 0 Å². The summed E-state index contributed by atoms with van der Waals surface area (Å²) in [6.45, 7) is 7.77. The standard InChI is InChI=1S/C13H20INO2S/c1-9(2)12(8-14)15-18(16,17)13-7-10(3)5-6-11(13)4/h5-7,9,12,15H,8H2,1-4H3. The summed E-state index contributed by atoms with van der Waals surface area (Å²) in [6.07, 6.45) is 0. The maximum atomic E-state index is 12.4. The van der Waals surface area contributed by atoms with Crippen molar-refractivity contribution in [3.05, 3.63) is 29.3 Å². The predicted octanol–water partition coefficient (Wildman–Crippen LogP) is 3.04. The maximum absolute atomic E-state index is 12.4. The molecule has 1 N–H and O–H groups in total. The van der Waals surface area contributed by atoms with Gasteiger partial charge in [0.2, 0.25) is 10.0 Å². The van der Waals surface area contributed by atoms with E-state index >= 15 is 0 Å². The number of hydrogen-bond donors (Lipinski definition) is 1. The van der Waals surface area contributed by atoms with E-state index < -0.39 is 10.0 Å². The van der Waals surface area contributed by atoms with Crippen molar-refractivity contribution in [2.45, 2.75) is 38.6 Å². The van der Waals surface area contributed by atoms with Gasteiger partial charge in [0, 0.05) is 10.5 Å². The van der Waals surface area contributed by atoms with Crippen LogP contribution in [0.1, 0.15) is 25.0 Å². The summed E-state index contributed by atoms with van der Waals surface area (Å²) in [7, 11) is -3.42. The molecule has 18 heavy (non-hydrogen) atoms. The van der Waals surface area contributed by atoms with Crippen molar-refractivity contribution in [1.29, 1.82) is 0 Å². The first-order chi connectivity index (χ1) is 8.27. The Bertz CT molecular complexity index is 512. The molecule has 1 unspecified atom stereocenters. The first kappa shape index (κ1) is 15.9. The van der Waals surface area contributed by atoms with Crippen molar-refractivity contribution in [1.82, 2.24) is 4.72 Å². The molecule has 3 nitrogen and oxygen atoms in total. The van der Waals surface area contributed by atoms with Crippen molar-refractivity contribution >= 4 is 32.6 Å². The second kappa shape index (κ2) is 6.34. The number of aryl methyl sites for hydroxylation is 2. The first-order valence-corrected chi connectivity index (χ1v) is 8.94. The highest BCUT2D eigenvalue weighted by molar-refractivity contribution is 14.1. The van der Waals surface area contributed by atoms with Gasteiger partial charge in [-0.2, -0.15) is 0 Å². The molecule has 1 aromatic rings. The molecule has 102 valence electrons. The highest BCUT2D eigenvalue weighted by atomic mass is 127. The van der Waals surface area contributed by atoms with Crippen LogP contribution in [-0.2, 0) is 10.0 Å². The van der Waals surface area contributed by atoms with Gasteiger partial charge in [-0.25, -0.2) is 13.1 Å². The molecule has 0 radical (unpaired) electrons. The molecule has 1 atom stereocenters. The molecule has 0 aliphatic rings. The minimum absolute atomic E-state index is 0.0319. The fraction of sp³-hybridized carbons (Fsp3) is 0.538. The van der Waals surface area contributed by atoms with E-state index in [0.29, 0.717) is 4.90 Å². The highest BCUT2D eigenvalue weighted by Crippen LogP contribution is 2.18. The molecule has 5 heteroatoms. The summed E-state index contributed by atoms with van der Waals surface area (Å²) in [6, 6.07) is 5.46. The number of rotatable bonds is 5. The smallest absolute Gasteiger partial charge is 0.207 e. The lowest BCUT2D eigenvalue weighted by Gasteiger charge is -2.20. The van der Waals surface area contributed by atoms with Crippen LogP contribution in [0.5, 0.6) is 0 Å². The third-order valence-electron chi connectivity index (χ3n) is 2.91. The zero-order valence-electron chi connectivity index (χ0n) is 11.2. The zero-order chi connectivity index (χ0) is 13.9. The van der Waals surface area contributed by atoms with Gasteiger partial charge in [-0.15, -0.1) is 0 Å². The van der Waals surface area contributed by atoms with E-state index in [1.54, 1.807) is 6.07 Å². The Labute approximate surface area is 124 Å². The molecular formula is C13H20INO2S. The molecule has 0 saturated heterocycles. The maximum Gasteiger partial charge on any atom is 0.241 e. The predicted molar refractivity (Wildman–Crippen MR) is 83.8 cm³/mol. The van der Waals surface area contributed by atoms with Crippen LogP contribution < -0.4 is 4.72 Å². The molecular weight excluding hydrogens is 361 g/mol. The van der Waals surface area contributed by atoms with E-state index in [2.05, 4.69) is 27.3 Å². The third-order valence-corrected chi connectivity index (χ3v) is 5.49. The van der Waals surface area contributed by atoms with Crippen LogP contribution in [0.3, 0.4) is 0 Å². The first-order valence-electron chi connectivity index (χ1n) is 5.93. The van der Waals surface area contributed by atoms with Gasteiger partial charge < -0.3 is 0 Å². The summed E-state index contributed by atoms with van der Waals surface area (Å²) in [5, 5.41) is 0. The Kier molecular flexibility index (Phi) is 5.61. The van der Waals surface area contributed by atoms with Gasteiger partial charge in [0.25, 0.3) is 0 Å². The number of hydrogen-bond acceptors (Lipinski definition) is 2. The van der Waals surface area contributed by atoms with E-state index in [-0.39, 0.29) is 12.0 Å². The van der Waals surface area contributed by atoms with Gasteiger partial charge in [-0.3, -0.25) is 0 Å². The molecule has 0 amide bonds. The summed E-state index contributed by atoms with van der Waals surface area (Å²) in [5.74, 6) is 0.279. The van der Waals surface area contributed by atoms with Crippen molar-refractivity contribution in [3.63, 3.8) is 0 Å². The Morgan fingerprint density at radius 3 is 2.39 bits per heavy atom. The summed E-state index contributed by atoms with van der Waals surface area (Å²) in [4.78, 5) is 0.387. The molecule has 0 fully saturated rings. The van der Waals surface area contributed by atoms with E-state index in [4.69, 9.17) is 0 Å². The second-order valence-corrected chi connectivity index (χ2v) is 7.46. The van der Waals surface area contributed by atoms with Crippen molar-refractivity contribution < 1.29 is 8.42 Å². The molecule has 1 aromatic carbocycles. The van der Waals surface area contributed by atoms with Crippen LogP contribution in [0.2, 0.25) is 0 Å². The Morgan fingerprint density at radius 2 is 1.89 bits per heavy atom. The Hall–Kier alpha value is -0.140. The molecule has 0 saturated carbocycles. The van der Waals surface area contributed by atoms with Gasteiger partial charge in [-0.1, -0.05) is 48.6 Å². The zero-order valence-corrected chi connectivity index (χ0v) is 14.2. The van der Waals surface area contributed by atoms with Gasteiger partial charge >= 0.3 is 0 Å². The quantitative estimate of drug-likeness (QED) is 0.630. The number of benzene rings is 1. The molecule has 0 spiro atoms. The van der Waals surface area contributed by atoms with Crippen molar-refractivity contribution in [3.8, 4) is 0 Å². The molecule has 0 aromatic heterocycles. The fourth-order valence-corrected chi connectivity index (χ4v) is 4.86. The van der Waals surface area contributed by atoms with Crippen LogP contribution in [0.4, 0.5) is 0 Å². The van der Waals surface area contributed by atoms with Crippen LogP contribution in [0.25, 0.3) is 0 Å². The number of alkyl halides is 1.